The molecule has 0 aliphatic heterocycles. The van der Waals surface area contributed by atoms with Gasteiger partial charge in [-0.2, -0.15) is 0 Å². The molecule has 3 aromatic rings. The third-order valence-electron chi connectivity index (χ3n) is 5.19. The first-order valence-corrected chi connectivity index (χ1v) is 11.2. The van der Waals surface area contributed by atoms with Gasteiger partial charge in [0.15, 0.2) is 11.6 Å². The van der Waals surface area contributed by atoms with Gasteiger partial charge in [0.25, 0.3) is 5.91 Å². The number of amides is 1. The molecule has 1 aromatic carbocycles. The number of aryl methyl sites for hydroxylation is 1. The van der Waals surface area contributed by atoms with Crippen LogP contribution in [0.25, 0.3) is 0 Å². The number of rotatable bonds is 12. The highest BCUT2D eigenvalue weighted by atomic mass is 16.5. The maximum atomic E-state index is 12.5. The number of esters is 1. The van der Waals surface area contributed by atoms with Crippen LogP contribution in [-0.2, 0) is 22.4 Å². The van der Waals surface area contributed by atoms with Gasteiger partial charge in [0.1, 0.15) is 6.26 Å². The minimum atomic E-state index is -0.498. The van der Waals surface area contributed by atoms with Gasteiger partial charge in [0.05, 0.1) is 19.2 Å². The van der Waals surface area contributed by atoms with Crippen LogP contribution in [0.5, 0.6) is 0 Å². The van der Waals surface area contributed by atoms with Crippen molar-refractivity contribution in [1.82, 2.24) is 15.3 Å². The molecule has 3 rings (SSSR count). The predicted molar refractivity (Wildman–Crippen MR) is 123 cm³/mol. The van der Waals surface area contributed by atoms with Gasteiger partial charge in [0, 0.05) is 24.2 Å². The third kappa shape index (κ3) is 7.84. The number of nitrogens with two attached hydrogens (primary N) is 1. The van der Waals surface area contributed by atoms with E-state index in [9.17, 15) is 9.59 Å². The second kappa shape index (κ2) is 12.5. The number of hydrogen-bond acceptors (Lipinski definition) is 7. The quantitative estimate of drug-likeness (QED) is 0.320. The predicted octanol–water partition coefficient (Wildman–Crippen LogP) is 3.39. The first-order chi connectivity index (χ1) is 16.0. The van der Waals surface area contributed by atoms with E-state index in [1.807, 2.05) is 48.5 Å². The van der Waals surface area contributed by atoms with Gasteiger partial charge in [0.2, 0.25) is 0 Å². The Morgan fingerprint density at radius 1 is 1.15 bits per heavy atom. The average molecular weight is 451 g/mol. The number of aromatic nitrogens is 2. The van der Waals surface area contributed by atoms with Crippen LogP contribution >= 0.6 is 0 Å². The second-order valence-electron chi connectivity index (χ2n) is 7.74. The number of ether oxygens (including phenoxy) is 1. The summed E-state index contributed by atoms with van der Waals surface area (Å²) in [5.74, 6) is -0.472. The molecule has 0 saturated carbocycles. The number of carbonyl (C=O) groups is 2. The summed E-state index contributed by atoms with van der Waals surface area (Å²) in [6, 6.07) is 15.4. The van der Waals surface area contributed by atoms with E-state index in [1.54, 1.807) is 13.1 Å². The molecular weight excluding hydrogens is 420 g/mol. The monoisotopic (exact) mass is 450 g/mol. The van der Waals surface area contributed by atoms with Crippen molar-refractivity contribution in [3.05, 3.63) is 83.8 Å². The number of pyridine rings is 1. The molecule has 2 aromatic heterocycles. The van der Waals surface area contributed by atoms with Crippen molar-refractivity contribution >= 4 is 11.9 Å². The minimum absolute atomic E-state index is 0.160. The summed E-state index contributed by atoms with van der Waals surface area (Å²) >= 11 is 0. The topological polar surface area (TPSA) is 120 Å². The summed E-state index contributed by atoms with van der Waals surface area (Å²) in [7, 11) is 0. The van der Waals surface area contributed by atoms with Crippen LogP contribution in [0.15, 0.2) is 65.4 Å². The minimum Gasteiger partial charge on any atom is -0.466 e. The fourth-order valence-corrected chi connectivity index (χ4v) is 3.54. The Morgan fingerprint density at radius 2 is 1.94 bits per heavy atom. The Balaban J connectivity index is 1.54. The normalized spacial score (nSPS) is 12.7. The van der Waals surface area contributed by atoms with Crippen LogP contribution in [0.1, 0.15) is 59.7 Å². The molecule has 3 N–H and O–H groups in total. The lowest BCUT2D eigenvalue weighted by Crippen LogP contribution is -2.41. The van der Waals surface area contributed by atoms with Crippen molar-refractivity contribution in [2.75, 3.05) is 6.61 Å². The zero-order chi connectivity index (χ0) is 23.5. The fourth-order valence-electron chi connectivity index (χ4n) is 3.54. The maximum absolute atomic E-state index is 12.5. The lowest BCUT2D eigenvalue weighted by Gasteiger charge is -2.15. The first-order valence-electron chi connectivity index (χ1n) is 11.2. The van der Waals surface area contributed by atoms with Crippen molar-refractivity contribution in [3.8, 4) is 0 Å². The van der Waals surface area contributed by atoms with E-state index >= 15 is 0 Å². The maximum Gasteiger partial charge on any atom is 0.306 e. The summed E-state index contributed by atoms with van der Waals surface area (Å²) in [5.41, 5.74) is 8.19. The van der Waals surface area contributed by atoms with E-state index in [1.165, 1.54) is 6.26 Å². The van der Waals surface area contributed by atoms with E-state index in [0.717, 1.165) is 24.1 Å². The summed E-state index contributed by atoms with van der Waals surface area (Å²) in [4.78, 5) is 33.2. The molecular formula is C25H30N4O4. The van der Waals surface area contributed by atoms with Gasteiger partial charge in [-0.1, -0.05) is 36.4 Å². The Hall–Kier alpha value is -3.52. The van der Waals surface area contributed by atoms with E-state index < -0.39 is 12.1 Å². The van der Waals surface area contributed by atoms with Crippen LogP contribution in [0, 0.1) is 0 Å². The summed E-state index contributed by atoms with van der Waals surface area (Å²) in [5, 5.41) is 2.75. The smallest absolute Gasteiger partial charge is 0.306 e. The van der Waals surface area contributed by atoms with Gasteiger partial charge < -0.3 is 20.2 Å². The molecule has 0 aliphatic rings. The van der Waals surface area contributed by atoms with E-state index in [-0.39, 0.29) is 24.0 Å². The molecule has 0 fully saturated rings. The Morgan fingerprint density at radius 3 is 2.67 bits per heavy atom. The van der Waals surface area contributed by atoms with E-state index in [2.05, 4.69) is 15.3 Å². The molecule has 174 valence electrons. The van der Waals surface area contributed by atoms with Gasteiger partial charge in [-0.05, 0) is 43.9 Å². The number of nitrogens with one attached hydrogen (secondary N) is 1. The summed E-state index contributed by atoms with van der Waals surface area (Å²) in [6.45, 7) is 2.10. The lowest BCUT2D eigenvalue weighted by atomic mass is 9.92. The van der Waals surface area contributed by atoms with Crippen LogP contribution in [-0.4, -0.2) is 34.6 Å². The van der Waals surface area contributed by atoms with Gasteiger partial charge >= 0.3 is 5.97 Å². The van der Waals surface area contributed by atoms with Gasteiger partial charge in [-0.15, -0.1) is 0 Å². The molecule has 2 heterocycles. The van der Waals surface area contributed by atoms with Crippen LogP contribution < -0.4 is 11.1 Å². The molecule has 0 aliphatic carbocycles. The standard InChI is InChI=1S/C25H30N4O4/c1-2-32-24(30)16-19(18-9-4-3-5-10-18)15-23-28-21(17-33-23)25(31)29-22(26)13-8-12-20-11-6-7-14-27-20/h3-7,9-11,14,17,19,22H,2,8,12-13,15-16,26H2,1H3,(H,29,31). The first kappa shape index (κ1) is 24.1. The third-order valence-corrected chi connectivity index (χ3v) is 5.19. The molecule has 2 atom stereocenters. The molecule has 0 saturated heterocycles. The molecule has 0 radical (unpaired) electrons. The molecule has 1 amide bonds. The second-order valence-corrected chi connectivity index (χ2v) is 7.74. The Labute approximate surface area is 193 Å². The zero-order valence-electron chi connectivity index (χ0n) is 18.8. The summed E-state index contributed by atoms with van der Waals surface area (Å²) in [6.07, 6.45) is 5.35. The van der Waals surface area contributed by atoms with Crippen molar-refractivity contribution in [2.45, 2.75) is 51.1 Å². The van der Waals surface area contributed by atoms with Crippen molar-refractivity contribution < 1.29 is 18.7 Å². The van der Waals surface area contributed by atoms with Crippen LogP contribution in [0.3, 0.4) is 0 Å². The highest BCUT2D eigenvalue weighted by Crippen LogP contribution is 2.25. The Kier molecular flexibility index (Phi) is 9.14. The number of oxazole rings is 1. The largest absolute Gasteiger partial charge is 0.466 e. The van der Waals surface area contributed by atoms with Crippen molar-refractivity contribution in [3.63, 3.8) is 0 Å². The summed E-state index contributed by atoms with van der Waals surface area (Å²) < 4.78 is 10.6. The number of carbonyl (C=O) groups excluding carboxylic acids is 2. The SMILES string of the molecule is CCOC(=O)CC(Cc1nc(C(=O)NC(N)CCCc2ccccn2)co1)c1ccccc1. The highest BCUT2D eigenvalue weighted by molar-refractivity contribution is 5.92. The number of nitrogens with zero attached hydrogens (tertiary/aromatic N) is 2. The molecule has 8 heteroatoms. The number of hydrogen-bond donors (Lipinski definition) is 2. The Bertz CT molecular complexity index is 1010. The highest BCUT2D eigenvalue weighted by Gasteiger charge is 2.22. The van der Waals surface area contributed by atoms with Gasteiger partial charge in [-0.3, -0.25) is 14.6 Å². The van der Waals surface area contributed by atoms with E-state index in [4.69, 9.17) is 14.9 Å². The fraction of sp³-hybridized carbons (Fsp3) is 0.360. The molecule has 0 spiro atoms. The number of benzene rings is 1. The average Bonchev–Trinajstić information content (AvgIpc) is 3.29. The zero-order valence-corrected chi connectivity index (χ0v) is 18.8. The van der Waals surface area contributed by atoms with Crippen LogP contribution in [0.2, 0.25) is 0 Å². The van der Waals surface area contributed by atoms with Gasteiger partial charge in [-0.25, -0.2) is 4.98 Å². The molecule has 33 heavy (non-hydrogen) atoms. The van der Waals surface area contributed by atoms with E-state index in [0.29, 0.717) is 25.3 Å². The van der Waals surface area contributed by atoms with Crippen molar-refractivity contribution in [2.24, 2.45) is 5.73 Å². The van der Waals surface area contributed by atoms with Crippen molar-refractivity contribution in [1.29, 1.82) is 0 Å². The lowest BCUT2D eigenvalue weighted by molar-refractivity contribution is -0.143. The molecule has 8 nitrogen and oxygen atoms in total. The molecule has 2 unspecified atom stereocenters. The molecule has 0 bridgehead atoms. The van der Waals surface area contributed by atoms with Crippen LogP contribution in [0.4, 0.5) is 0 Å².